The van der Waals surface area contributed by atoms with Crippen LogP contribution in [-0.4, -0.2) is 0 Å². The third-order valence-corrected chi connectivity index (χ3v) is 7.93. The summed E-state index contributed by atoms with van der Waals surface area (Å²) in [6.45, 7) is 15.3. The van der Waals surface area contributed by atoms with E-state index >= 15 is 0 Å². The van der Waals surface area contributed by atoms with Crippen molar-refractivity contribution in [1.82, 2.24) is 0 Å². The summed E-state index contributed by atoms with van der Waals surface area (Å²) in [5.41, 5.74) is 0. The molecule has 0 spiro atoms. The molecule has 2 rings (SSSR count). The highest BCUT2D eigenvalue weighted by Crippen LogP contribution is 2.49. The van der Waals surface area contributed by atoms with Crippen LogP contribution in [0, 0.1) is 47.3 Å². The first-order chi connectivity index (χ1) is 11.0. The van der Waals surface area contributed by atoms with Crippen LogP contribution >= 0.6 is 0 Å². The van der Waals surface area contributed by atoms with Gasteiger partial charge >= 0.3 is 0 Å². The van der Waals surface area contributed by atoms with Crippen LogP contribution in [0.25, 0.3) is 0 Å². The number of hydrogen-bond donors (Lipinski definition) is 0. The number of hydrogen-bond acceptors (Lipinski definition) is 0. The van der Waals surface area contributed by atoms with Crippen LogP contribution in [0.2, 0.25) is 0 Å². The van der Waals surface area contributed by atoms with Crippen molar-refractivity contribution in [3.05, 3.63) is 0 Å². The van der Waals surface area contributed by atoms with E-state index in [0.29, 0.717) is 0 Å². The van der Waals surface area contributed by atoms with Crippen molar-refractivity contribution in [2.45, 2.75) is 99.3 Å². The Morgan fingerprint density at radius 2 is 1.17 bits per heavy atom. The molecule has 0 bridgehead atoms. The van der Waals surface area contributed by atoms with Crippen LogP contribution in [0.5, 0.6) is 0 Å². The maximum absolute atomic E-state index is 2.65. The molecule has 2 fully saturated rings. The van der Waals surface area contributed by atoms with Crippen molar-refractivity contribution in [3.63, 3.8) is 0 Å². The SMILES string of the molecule is CCCCC(C1C(C)CCCC1C)[C@H](C)C1C(C)CCCC1C. The van der Waals surface area contributed by atoms with Gasteiger partial charge in [0.2, 0.25) is 0 Å². The van der Waals surface area contributed by atoms with Crippen LogP contribution in [0.15, 0.2) is 0 Å². The molecule has 0 heteroatoms. The van der Waals surface area contributed by atoms with Gasteiger partial charge in [-0.2, -0.15) is 0 Å². The van der Waals surface area contributed by atoms with Crippen molar-refractivity contribution >= 4 is 0 Å². The highest BCUT2D eigenvalue weighted by molar-refractivity contribution is 4.91. The fourth-order valence-electron chi connectivity index (χ4n) is 6.83. The number of rotatable bonds is 6. The van der Waals surface area contributed by atoms with E-state index in [9.17, 15) is 0 Å². The van der Waals surface area contributed by atoms with Gasteiger partial charge in [0.05, 0.1) is 0 Å². The molecule has 6 atom stereocenters. The van der Waals surface area contributed by atoms with E-state index in [1.54, 1.807) is 0 Å². The smallest absolute Gasteiger partial charge is 0.0332 e. The molecule has 2 aliphatic rings. The predicted octanol–water partition coefficient (Wildman–Crippen LogP) is 7.57. The molecule has 0 aromatic rings. The summed E-state index contributed by atoms with van der Waals surface area (Å²) in [7, 11) is 0. The van der Waals surface area contributed by atoms with Crippen molar-refractivity contribution < 1.29 is 0 Å². The standard InChI is InChI=1S/C23H44/c1-7-8-15-21(23-18(4)13-10-14-19(23)5)20(6)22-16(2)11-9-12-17(22)3/h16-23H,7-15H2,1-6H3/t16?,17?,18?,19?,20-,21?,22?,23?/m0/s1. The topological polar surface area (TPSA) is 0 Å². The molecular weight excluding hydrogens is 276 g/mol. The highest BCUT2D eigenvalue weighted by atomic mass is 14.5. The minimum absolute atomic E-state index is 0.930. The quantitative estimate of drug-likeness (QED) is 0.473. The summed E-state index contributed by atoms with van der Waals surface area (Å²) >= 11 is 0. The van der Waals surface area contributed by atoms with Gasteiger partial charge in [-0.15, -0.1) is 0 Å². The molecule has 0 N–H and O–H groups in total. The zero-order chi connectivity index (χ0) is 17.0. The lowest BCUT2D eigenvalue weighted by Crippen LogP contribution is -2.41. The Bertz CT molecular complexity index is 313. The maximum Gasteiger partial charge on any atom is -0.0332 e. The molecule has 23 heavy (non-hydrogen) atoms. The van der Waals surface area contributed by atoms with E-state index in [1.165, 1.54) is 57.8 Å². The summed E-state index contributed by atoms with van der Waals surface area (Å²) in [6.07, 6.45) is 13.2. The number of unbranched alkanes of at least 4 members (excludes halogenated alkanes) is 1. The summed E-state index contributed by atoms with van der Waals surface area (Å²) in [4.78, 5) is 0. The van der Waals surface area contributed by atoms with Gasteiger partial charge in [0.15, 0.2) is 0 Å². The normalized spacial score (nSPS) is 41.5. The van der Waals surface area contributed by atoms with E-state index in [-0.39, 0.29) is 0 Å². The van der Waals surface area contributed by atoms with Crippen molar-refractivity contribution in [2.75, 3.05) is 0 Å². The van der Waals surface area contributed by atoms with Gasteiger partial charge in [-0.05, 0) is 53.8 Å². The Morgan fingerprint density at radius 1 is 0.739 bits per heavy atom. The Morgan fingerprint density at radius 3 is 1.61 bits per heavy atom. The summed E-state index contributed by atoms with van der Waals surface area (Å²) in [6, 6.07) is 0. The monoisotopic (exact) mass is 320 g/mol. The van der Waals surface area contributed by atoms with E-state index in [2.05, 4.69) is 41.5 Å². The molecule has 0 heterocycles. The van der Waals surface area contributed by atoms with E-state index in [4.69, 9.17) is 0 Å². The molecule has 5 unspecified atom stereocenters. The van der Waals surface area contributed by atoms with Crippen LogP contribution in [0.4, 0.5) is 0 Å². The first-order valence-corrected chi connectivity index (χ1v) is 11.0. The van der Waals surface area contributed by atoms with Crippen molar-refractivity contribution in [3.8, 4) is 0 Å². The molecule has 0 saturated heterocycles. The third-order valence-electron chi connectivity index (χ3n) is 7.93. The largest absolute Gasteiger partial charge is 0.0654 e. The van der Waals surface area contributed by atoms with Crippen LogP contribution in [0.3, 0.4) is 0 Å². The fourth-order valence-corrected chi connectivity index (χ4v) is 6.83. The second-order valence-corrected chi connectivity index (χ2v) is 9.59. The average Bonchev–Trinajstić information content (AvgIpc) is 2.49. The molecule has 0 amide bonds. The molecule has 0 aromatic carbocycles. The van der Waals surface area contributed by atoms with E-state index < -0.39 is 0 Å². The molecule has 0 aromatic heterocycles. The first kappa shape index (κ1) is 19.3. The van der Waals surface area contributed by atoms with E-state index in [0.717, 1.165) is 47.3 Å². The maximum atomic E-state index is 2.65. The molecule has 136 valence electrons. The Kier molecular flexibility index (Phi) is 7.49. The predicted molar refractivity (Wildman–Crippen MR) is 104 cm³/mol. The molecule has 0 nitrogen and oxygen atoms in total. The van der Waals surface area contributed by atoms with Crippen molar-refractivity contribution in [1.29, 1.82) is 0 Å². The summed E-state index contributed by atoms with van der Waals surface area (Å²) < 4.78 is 0. The lowest BCUT2D eigenvalue weighted by molar-refractivity contribution is 0.0101. The summed E-state index contributed by atoms with van der Waals surface area (Å²) in [5.74, 6) is 7.69. The van der Waals surface area contributed by atoms with Crippen molar-refractivity contribution in [2.24, 2.45) is 47.3 Å². The second kappa shape index (κ2) is 8.91. The van der Waals surface area contributed by atoms with Crippen LogP contribution in [-0.2, 0) is 0 Å². The molecule has 2 saturated carbocycles. The zero-order valence-corrected chi connectivity index (χ0v) is 17.0. The Balaban J connectivity index is 2.18. The zero-order valence-electron chi connectivity index (χ0n) is 17.0. The minimum atomic E-state index is 0.930. The fraction of sp³-hybridized carbons (Fsp3) is 1.00. The molecular formula is C23H44. The van der Waals surface area contributed by atoms with Gasteiger partial charge in [-0.1, -0.05) is 92.9 Å². The molecule has 2 aliphatic carbocycles. The Hall–Kier alpha value is 0. The van der Waals surface area contributed by atoms with Crippen LogP contribution < -0.4 is 0 Å². The van der Waals surface area contributed by atoms with E-state index in [1.807, 2.05) is 0 Å². The van der Waals surface area contributed by atoms with Gasteiger partial charge in [-0.3, -0.25) is 0 Å². The van der Waals surface area contributed by atoms with Gasteiger partial charge in [0, 0.05) is 0 Å². The average molecular weight is 321 g/mol. The van der Waals surface area contributed by atoms with Crippen LogP contribution in [0.1, 0.15) is 99.3 Å². The second-order valence-electron chi connectivity index (χ2n) is 9.59. The highest BCUT2D eigenvalue weighted by Gasteiger charge is 2.41. The first-order valence-electron chi connectivity index (χ1n) is 11.0. The lowest BCUT2D eigenvalue weighted by atomic mass is 9.57. The van der Waals surface area contributed by atoms with Gasteiger partial charge < -0.3 is 0 Å². The van der Waals surface area contributed by atoms with Gasteiger partial charge in [0.25, 0.3) is 0 Å². The molecule has 0 aliphatic heterocycles. The minimum Gasteiger partial charge on any atom is -0.0654 e. The lowest BCUT2D eigenvalue weighted by Gasteiger charge is -2.48. The summed E-state index contributed by atoms with van der Waals surface area (Å²) in [5, 5.41) is 0. The Labute approximate surface area is 147 Å². The van der Waals surface area contributed by atoms with Gasteiger partial charge in [0.1, 0.15) is 0 Å². The van der Waals surface area contributed by atoms with Gasteiger partial charge in [-0.25, -0.2) is 0 Å². The molecule has 0 radical (unpaired) electrons. The third kappa shape index (κ3) is 4.55.